The largest absolute Gasteiger partial charge is 0.320 e. The summed E-state index contributed by atoms with van der Waals surface area (Å²) >= 11 is 0. The molecule has 0 saturated heterocycles. The first-order valence-corrected chi connectivity index (χ1v) is 7.86. The van der Waals surface area contributed by atoms with E-state index in [4.69, 9.17) is 0 Å². The van der Waals surface area contributed by atoms with Gasteiger partial charge < -0.3 is 5.32 Å². The van der Waals surface area contributed by atoms with Crippen molar-refractivity contribution >= 4 is 0 Å². The number of halogens is 2. The predicted octanol–water partition coefficient (Wildman–Crippen LogP) is 4.88. The summed E-state index contributed by atoms with van der Waals surface area (Å²) in [6, 6.07) is 13.3. The molecule has 3 heteroatoms. The zero-order chi connectivity index (χ0) is 15.8. The second kappa shape index (κ2) is 8.64. The van der Waals surface area contributed by atoms with E-state index in [-0.39, 0.29) is 17.6 Å². The molecule has 0 unspecified atom stereocenters. The minimum absolute atomic E-state index is 0.191. The number of benzene rings is 2. The van der Waals surface area contributed by atoms with Crippen LogP contribution in [0.25, 0.3) is 0 Å². The number of nitrogens with one attached hydrogen (secondary N) is 1. The van der Waals surface area contributed by atoms with Gasteiger partial charge in [0.1, 0.15) is 11.6 Å². The number of unbranched alkanes of at least 4 members (excludes halogenated alkanes) is 2. The van der Waals surface area contributed by atoms with Gasteiger partial charge in [-0.15, -0.1) is 0 Å². The lowest BCUT2D eigenvalue weighted by atomic mass is 9.87. The van der Waals surface area contributed by atoms with E-state index >= 15 is 0 Å². The van der Waals surface area contributed by atoms with E-state index in [0.29, 0.717) is 0 Å². The van der Waals surface area contributed by atoms with Crippen LogP contribution in [-0.2, 0) is 0 Å². The fraction of sp³-hybridized carbons (Fsp3) is 0.368. The molecule has 0 saturated carbocycles. The van der Waals surface area contributed by atoms with E-state index in [2.05, 4.69) is 5.32 Å². The highest BCUT2D eigenvalue weighted by atomic mass is 19.1. The Morgan fingerprint density at radius 2 is 1.27 bits per heavy atom. The van der Waals surface area contributed by atoms with E-state index in [1.54, 1.807) is 0 Å². The molecule has 1 nitrogen and oxygen atoms in total. The van der Waals surface area contributed by atoms with Crippen LogP contribution in [-0.4, -0.2) is 13.6 Å². The second-order valence-corrected chi connectivity index (χ2v) is 5.61. The van der Waals surface area contributed by atoms with Crippen molar-refractivity contribution < 1.29 is 8.78 Å². The molecule has 0 atom stereocenters. The lowest BCUT2D eigenvalue weighted by molar-refractivity contribution is 0.583. The van der Waals surface area contributed by atoms with Crippen LogP contribution in [0.4, 0.5) is 8.78 Å². The number of hydrogen-bond donors (Lipinski definition) is 1. The van der Waals surface area contributed by atoms with Gasteiger partial charge in [0.2, 0.25) is 0 Å². The minimum Gasteiger partial charge on any atom is -0.320 e. The predicted molar refractivity (Wildman–Crippen MR) is 87.0 cm³/mol. The highest BCUT2D eigenvalue weighted by Crippen LogP contribution is 2.30. The van der Waals surface area contributed by atoms with Gasteiger partial charge in [-0.3, -0.25) is 0 Å². The first-order chi connectivity index (χ1) is 10.7. The smallest absolute Gasteiger partial charge is 0.123 e. The van der Waals surface area contributed by atoms with Gasteiger partial charge >= 0.3 is 0 Å². The number of rotatable bonds is 8. The molecule has 0 radical (unpaired) electrons. The summed E-state index contributed by atoms with van der Waals surface area (Å²) in [7, 11) is 1.96. The molecule has 0 aliphatic rings. The average Bonchev–Trinajstić information content (AvgIpc) is 2.53. The Hall–Kier alpha value is -1.74. The van der Waals surface area contributed by atoms with Crippen LogP contribution in [0.5, 0.6) is 0 Å². The fourth-order valence-electron chi connectivity index (χ4n) is 2.74. The van der Waals surface area contributed by atoms with Crippen molar-refractivity contribution in [1.29, 1.82) is 0 Å². The molecule has 1 N–H and O–H groups in total. The molecule has 0 fully saturated rings. The molecule has 0 spiro atoms. The molecule has 0 aromatic heterocycles. The van der Waals surface area contributed by atoms with E-state index in [9.17, 15) is 8.78 Å². The molecule has 118 valence electrons. The Balaban J connectivity index is 2.10. The summed E-state index contributed by atoms with van der Waals surface area (Å²) in [6.45, 7) is 1.03. The molecular weight excluding hydrogens is 280 g/mol. The third kappa shape index (κ3) is 4.92. The topological polar surface area (TPSA) is 12.0 Å². The van der Waals surface area contributed by atoms with Gasteiger partial charge in [-0.2, -0.15) is 0 Å². The molecule has 0 aliphatic heterocycles. The van der Waals surface area contributed by atoms with Gasteiger partial charge in [0.25, 0.3) is 0 Å². The maximum absolute atomic E-state index is 13.1. The summed E-state index contributed by atoms with van der Waals surface area (Å²) in [5.74, 6) is -0.262. The molecule has 2 aromatic carbocycles. The van der Waals surface area contributed by atoms with Crippen LogP contribution in [0, 0.1) is 11.6 Å². The van der Waals surface area contributed by atoms with Crippen LogP contribution in [0.3, 0.4) is 0 Å². The normalized spacial score (nSPS) is 11.1. The van der Waals surface area contributed by atoms with Gasteiger partial charge in [0.15, 0.2) is 0 Å². The van der Waals surface area contributed by atoms with Crippen molar-refractivity contribution in [3.63, 3.8) is 0 Å². The number of hydrogen-bond acceptors (Lipinski definition) is 1. The molecule has 22 heavy (non-hydrogen) atoms. The average molecular weight is 303 g/mol. The van der Waals surface area contributed by atoms with Crippen LogP contribution in [0.2, 0.25) is 0 Å². The summed E-state index contributed by atoms with van der Waals surface area (Å²) in [6.07, 6.45) is 4.39. The monoisotopic (exact) mass is 303 g/mol. The SMILES string of the molecule is CNCCCCCC(c1ccc(F)cc1)c1ccc(F)cc1. The van der Waals surface area contributed by atoms with Crippen molar-refractivity contribution in [2.75, 3.05) is 13.6 Å². The first-order valence-electron chi connectivity index (χ1n) is 7.86. The van der Waals surface area contributed by atoms with Crippen molar-refractivity contribution in [3.8, 4) is 0 Å². The Bertz CT molecular complexity index is 503. The molecule has 0 aliphatic carbocycles. The Morgan fingerprint density at radius 1 is 0.773 bits per heavy atom. The van der Waals surface area contributed by atoms with E-state index in [0.717, 1.165) is 43.4 Å². The summed E-state index contributed by atoms with van der Waals surface area (Å²) in [5, 5.41) is 3.15. The molecule has 0 heterocycles. The third-order valence-corrected chi connectivity index (χ3v) is 3.96. The van der Waals surface area contributed by atoms with Crippen molar-refractivity contribution in [1.82, 2.24) is 5.32 Å². The van der Waals surface area contributed by atoms with Gasteiger partial charge in [0.05, 0.1) is 0 Å². The minimum atomic E-state index is -0.226. The fourth-order valence-corrected chi connectivity index (χ4v) is 2.74. The summed E-state index contributed by atoms with van der Waals surface area (Å²) in [4.78, 5) is 0. The maximum atomic E-state index is 13.1. The van der Waals surface area contributed by atoms with Gasteiger partial charge in [-0.05, 0) is 61.8 Å². The molecule has 2 aromatic rings. The van der Waals surface area contributed by atoms with Crippen molar-refractivity contribution in [3.05, 3.63) is 71.3 Å². The van der Waals surface area contributed by atoms with Crippen LogP contribution >= 0.6 is 0 Å². The highest BCUT2D eigenvalue weighted by molar-refractivity contribution is 5.32. The lowest BCUT2D eigenvalue weighted by Crippen LogP contribution is -2.07. The van der Waals surface area contributed by atoms with Crippen molar-refractivity contribution in [2.24, 2.45) is 0 Å². The van der Waals surface area contributed by atoms with Gasteiger partial charge in [-0.25, -0.2) is 8.78 Å². The van der Waals surface area contributed by atoms with Crippen LogP contribution < -0.4 is 5.32 Å². The summed E-state index contributed by atoms with van der Waals surface area (Å²) in [5.41, 5.74) is 2.17. The Morgan fingerprint density at radius 3 is 1.73 bits per heavy atom. The van der Waals surface area contributed by atoms with Crippen molar-refractivity contribution in [2.45, 2.75) is 31.6 Å². The van der Waals surface area contributed by atoms with E-state index in [1.807, 2.05) is 31.3 Å². The van der Waals surface area contributed by atoms with Crippen LogP contribution in [0.15, 0.2) is 48.5 Å². The maximum Gasteiger partial charge on any atom is 0.123 e. The lowest BCUT2D eigenvalue weighted by Gasteiger charge is -2.18. The summed E-state index contributed by atoms with van der Waals surface area (Å²) < 4.78 is 26.3. The zero-order valence-corrected chi connectivity index (χ0v) is 13.0. The molecule has 0 amide bonds. The standard InChI is InChI=1S/C19H23F2N/c1-22-14-4-2-3-5-19(15-6-10-17(20)11-7-15)16-8-12-18(21)13-9-16/h6-13,19,22H,2-5,14H2,1H3. The first kappa shape index (κ1) is 16.6. The van der Waals surface area contributed by atoms with Crippen LogP contribution in [0.1, 0.15) is 42.7 Å². The van der Waals surface area contributed by atoms with Gasteiger partial charge in [0, 0.05) is 5.92 Å². The van der Waals surface area contributed by atoms with Gasteiger partial charge in [-0.1, -0.05) is 37.1 Å². The zero-order valence-electron chi connectivity index (χ0n) is 13.0. The third-order valence-electron chi connectivity index (χ3n) is 3.96. The molecule has 2 rings (SSSR count). The Labute approximate surface area is 131 Å². The Kier molecular flexibility index (Phi) is 6.53. The van der Waals surface area contributed by atoms with E-state index in [1.165, 1.54) is 24.3 Å². The molecular formula is C19H23F2N. The quantitative estimate of drug-likeness (QED) is 0.686. The highest BCUT2D eigenvalue weighted by Gasteiger charge is 2.14. The molecule has 0 bridgehead atoms. The second-order valence-electron chi connectivity index (χ2n) is 5.61. The van der Waals surface area contributed by atoms with E-state index < -0.39 is 0 Å².